The third-order valence-electron chi connectivity index (χ3n) is 3.82. The number of benzene rings is 1. The van der Waals surface area contributed by atoms with Crippen LogP contribution in [-0.4, -0.2) is 31.3 Å². The van der Waals surface area contributed by atoms with Crippen molar-refractivity contribution in [1.29, 1.82) is 0 Å². The van der Waals surface area contributed by atoms with Gasteiger partial charge in [0.25, 0.3) is 0 Å². The van der Waals surface area contributed by atoms with Crippen LogP contribution in [0.1, 0.15) is 28.8 Å². The fraction of sp³-hybridized carbons (Fsp3) is 0.429. The highest BCUT2D eigenvalue weighted by atomic mass is 16.2. The van der Waals surface area contributed by atoms with Crippen molar-refractivity contribution in [1.82, 2.24) is 5.32 Å². The van der Waals surface area contributed by atoms with Crippen LogP contribution in [0.4, 0.5) is 5.69 Å². The predicted molar refractivity (Wildman–Crippen MR) is 68.9 cm³/mol. The Balaban J connectivity index is 1.89. The van der Waals surface area contributed by atoms with E-state index in [1.807, 2.05) is 18.2 Å². The molecule has 1 aromatic carbocycles. The van der Waals surface area contributed by atoms with Gasteiger partial charge in [0.05, 0.1) is 12.5 Å². The molecule has 0 spiro atoms. The minimum atomic E-state index is -0.0436. The van der Waals surface area contributed by atoms with E-state index in [0.717, 1.165) is 36.2 Å². The van der Waals surface area contributed by atoms with E-state index < -0.39 is 0 Å². The molecule has 1 atom stereocenters. The molecule has 1 aromatic rings. The Hall–Kier alpha value is -1.68. The van der Waals surface area contributed by atoms with E-state index in [2.05, 4.69) is 5.32 Å². The van der Waals surface area contributed by atoms with Gasteiger partial charge in [0, 0.05) is 18.3 Å². The molecule has 1 saturated heterocycles. The monoisotopic (exact) mass is 244 g/mol. The van der Waals surface area contributed by atoms with Gasteiger partial charge >= 0.3 is 0 Å². The van der Waals surface area contributed by atoms with Gasteiger partial charge in [-0.15, -0.1) is 0 Å². The van der Waals surface area contributed by atoms with E-state index in [4.69, 9.17) is 0 Å². The van der Waals surface area contributed by atoms with Crippen molar-refractivity contribution in [2.45, 2.75) is 25.3 Å². The molecular formula is C14H16N2O2. The molecule has 4 heteroatoms. The molecule has 2 aliphatic heterocycles. The zero-order valence-corrected chi connectivity index (χ0v) is 10.4. The van der Waals surface area contributed by atoms with Gasteiger partial charge in [-0.25, -0.2) is 0 Å². The molecule has 1 fully saturated rings. The number of hydrogen-bond donors (Lipinski definition) is 1. The topological polar surface area (TPSA) is 49.4 Å². The van der Waals surface area contributed by atoms with Crippen LogP contribution >= 0.6 is 0 Å². The van der Waals surface area contributed by atoms with Crippen LogP contribution < -0.4 is 10.2 Å². The average Bonchev–Trinajstić information content (AvgIpc) is 2.98. The molecule has 1 unspecified atom stereocenters. The smallest absolute Gasteiger partial charge is 0.231 e. The van der Waals surface area contributed by atoms with Gasteiger partial charge in [-0.3, -0.25) is 9.59 Å². The number of carbonyl (C=O) groups is 2. The second-order valence-electron chi connectivity index (χ2n) is 4.99. The number of fused-ring (bicyclic) bond motifs is 1. The second kappa shape index (κ2) is 4.21. The number of hydrogen-bond acceptors (Lipinski definition) is 3. The summed E-state index contributed by atoms with van der Waals surface area (Å²) in [6, 6.07) is 5.54. The highest BCUT2D eigenvalue weighted by Crippen LogP contribution is 2.29. The molecule has 3 rings (SSSR count). The van der Waals surface area contributed by atoms with Crippen molar-refractivity contribution in [2.75, 3.05) is 18.5 Å². The lowest BCUT2D eigenvalue weighted by Gasteiger charge is -2.12. The largest absolute Gasteiger partial charge is 0.315 e. The lowest BCUT2D eigenvalue weighted by Crippen LogP contribution is -2.30. The summed E-state index contributed by atoms with van der Waals surface area (Å²) in [5.74, 6) is 0.242. The highest BCUT2D eigenvalue weighted by Gasteiger charge is 2.27. The Kier molecular flexibility index (Phi) is 2.67. The van der Waals surface area contributed by atoms with Gasteiger partial charge in [-0.05, 0) is 43.1 Å². The van der Waals surface area contributed by atoms with E-state index in [9.17, 15) is 9.59 Å². The third-order valence-corrected chi connectivity index (χ3v) is 3.82. The molecule has 2 heterocycles. The van der Waals surface area contributed by atoms with Crippen LogP contribution in [0.3, 0.4) is 0 Å². The van der Waals surface area contributed by atoms with Crippen molar-refractivity contribution in [3.8, 4) is 0 Å². The van der Waals surface area contributed by atoms with Crippen LogP contribution in [0, 0.1) is 0 Å². The van der Waals surface area contributed by atoms with E-state index in [1.165, 1.54) is 0 Å². The number of rotatable bonds is 2. The van der Waals surface area contributed by atoms with Crippen molar-refractivity contribution >= 4 is 17.4 Å². The summed E-state index contributed by atoms with van der Waals surface area (Å²) in [7, 11) is 1.77. The lowest BCUT2D eigenvalue weighted by molar-refractivity contribution is -0.117. The standard InChI is InChI=1S/C14H16N2O2/c1-16-12-5-4-9(7-10(12)8-13(16)17)14(18)11-3-2-6-15-11/h4-5,7,11,15H,2-3,6,8H2,1H3. The Morgan fingerprint density at radius 1 is 1.44 bits per heavy atom. The molecule has 1 amide bonds. The quantitative estimate of drug-likeness (QED) is 0.794. The van der Waals surface area contributed by atoms with Crippen LogP contribution in [0.15, 0.2) is 18.2 Å². The maximum atomic E-state index is 12.2. The van der Waals surface area contributed by atoms with E-state index in [0.29, 0.717) is 6.42 Å². The summed E-state index contributed by atoms with van der Waals surface area (Å²) in [6.07, 6.45) is 2.38. The zero-order chi connectivity index (χ0) is 12.7. The molecule has 1 N–H and O–H groups in total. The van der Waals surface area contributed by atoms with Crippen molar-refractivity contribution < 1.29 is 9.59 Å². The molecule has 0 radical (unpaired) electrons. The first-order valence-corrected chi connectivity index (χ1v) is 6.34. The number of nitrogens with one attached hydrogen (secondary N) is 1. The van der Waals surface area contributed by atoms with Crippen molar-refractivity contribution in [3.63, 3.8) is 0 Å². The Labute approximate surface area is 106 Å². The minimum absolute atomic E-state index is 0.0436. The first kappa shape index (κ1) is 11.4. The Morgan fingerprint density at radius 3 is 3.00 bits per heavy atom. The molecule has 0 aliphatic carbocycles. The first-order chi connectivity index (χ1) is 8.66. The van der Waals surface area contributed by atoms with Gasteiger partial charge in [-0.2, -0.15) is 0 Å². The van der Waals surface area contributed by atoms with Gasteiger partial charge in [0.1, 0.15) is 0 Å². The molecule has 0 aromatic heterocycles. The molecule has 94 valence electrons. The van der Waals surface area contributed by atoms with Crippen LogP contribution in [0.5, 0.6) is 0 Å². The normalized spacial score (nSPS) is 22.4. The van der Waals surface area contributed by atoms with Gasteiger partial charge in [0.15, 0.2) is 5.78 Å². The number of likely N-dealkylation sites (N-methyl/N-ethyl adjacent to an activating group) is 1. The fourth-order valence-electron chi connectivity index (χ4n) is 2.73. The first-order valence-electron chi connectivity index (χ1n) is 6.34. The highest BCUT2D eigenvalue weighted by molar-refractivity contribution is 6.04. The maximum absolute atomic E-state index is 12.2. The number of anilines is 1. The summed E-state index contributed by atoms with van der Waals surface area (Å²) < 4.78 is 0. The zero-order valence-electron chi connectivity index (χ0n) is 10.4. The summed E-state index contributed by atoms with van der Waals surface area (Å²) in [4.78, 5) is 25.5. The van der Waals surface area contributed by atoms with E-state index >= 15 is 0 Å². The van der Waals surface area contributed by atoms with Crippen LogP contribution in [-0.2, 0) is 11.2 Å². The van der Waals surface area contributed by atoms with Crippen molar-refractivity contribution in [2.24, 2.45) is 0 Å². The molecule has 0 bridgehead atoms. The number of amides is 1. The average molecular weight is 244 g/mol. The summed E-state index contributed by atoms with van der Waals surface area (Å²) in [5, 5.41) is 3.21. The lowest BCUT2D eigenvalue weighted by atomic mass is 10.00. The molecule has 0 saturated carbocycles. The van der Waals surface area contributed by atoms with Crippen LogP contribution in [0.25, 0.3) is 0 Å². The number of carbonyl (C=O) groups excluding carboxylic acids is 2. The third kappa shape index (κ3) is 1.73. The Bertz CT molecular complexity index is 519. The molecule has 4 nitrogen and oxygen atoms in total. The number of Topliss-reactive ketones (excluding diaryl/α,β-unsaturated/α-hetero) is 1. The van der Waals surface area contributed by atoms with Gasteiger partial charge in [0.2, 0.25) is 5.91 Å². The minimum Gasteiger partial charge on any atom is -0.315 e. The van der Waals surface area contributed by atoms with E-state index in [1.54, 1.807) is 11.9 Å². The number of ketones is 1. The SMILES string of the molecule is CN1C(=O)Cc2cc(C(=O)C3CCCN3)ccc21. The number of nitrogens with zero attached hydrogens (tertiary/aromatic N) is 1. The molecular weight excluding hydrogens is 228 g/mol. The van der Waals surface area contributed by atoms with Gasteiger partial charge < -0.3 is 10.2 Å². The van der Waals surface area contributed by atoms with Gasteiger partial charge in [-0.1, -0.05) is 0 Å². The summed E-state index contributed by atoms with van der Waals surface area (Å²) in [6.45, 7) is 0.919. The van der Waals surface area contributed by atoms with Crippen molar-refractivity contribution in [3.05, 3.63) is 29.3 Å². The summed E-state index contributed by atoms with van der Waals surface area (Å²) in [5.41, 5.74) is 2.61. The summed E-state index contributed by atoms with van der Waals surface area (Å²) >= 11 is 0. The molecule has 18 heavy (non-hydrogen) atoms. The van der Waals surface area contributed by atoms with E-state index in [-0.39, 0.29) is 17.7 Å². The van der Waals surface area contributed by atoms with Crippen LogP contribution in [0.2, 0.25) is 0 Å². The maximum Gasteiger partial charge on any atom is 0.231 e. The molecule has 2 aliphatic rings. The predicted octanol–water partition coefficient (Wildman–Crippen LogP) is 1.14. The fourth-order valence-corrected chi connectivity index (χ4v) is 2.73. The second-order valence-corrected chi connectivity index (χ2v) is 4.99. The Morgan fingerprint density at radius 2 is 2.28 bits per heavy atom.